The number of rotatable bonds is 4. The Morgan fingerprint density at radius 1 is 0.963 bits per heavy atom. The standard InChI is InChI=1S/C22H29N3O2/c26-22(19-7-4-11-23(17-19)18-21-10-5-16-27-21)25-13-6-12-24(14-15-25)20-8-2-1-3-9-20/h1-3,5,8-10,16,19H,4,6-7,11-15,17-18H2. The van der Waals surface area contributed by atoms with Crippen LogP contribution in [-0.4, -0.2) is 55.0 Å². The molecule has 2 fully saturated rings. The van der Waals surface area contributed by atoms with Crippen molar-refractivity contribution in [1.29, 1.82) is 0 Å². The first-order valence-corrected chi connectivity index (χ1v) is 10.1. The summed E-state index contributed by atoms with van der Waals surface area (Å²) in [6.07, 6.45) is 4.84. The Kier molecular flexibility index (Phi) is 5.78. The molecular weight excluding hydrogens is 338 g/mol. The van der Waals surface area contributed by atoms with Gasteiger partial charge in [-0.25, -0.2) is 0 Å². The predicted molar refractivity (Wildman–Crippen MR) is 107 cm³/mol. The number of piperidine rings is 1. The van der Waals surface area contributed by atoms with Gasteiger partial charge in [0.2, 0.25) is 5.91 Å². The fourth-order valence-electron chi connectivity index (χ4n) is 4.32. The van der Waals surface area contributed by atoms with Crippen LogP contribution in [-0.2, 0) is 11.3 Å². The molecule has 0 saturated carbocycles. The zero-order valence-corrected chi connectivity index (χ0v) is 15.9. The van der Waals surface area contributed by atoms with Gasteiger partial charge in [0.05, 0.1) is 18.7 Å². The molecule has 0 aliphatic carbocycles. The third-order valence-electron chi connectivity index (χ3n) is 5.74. The highest BCUT2D eigenvalue weighted by molar-refractivity contribution is 5.79. The number of anilines is 1. The molecule has 0 N–H and O–H groups in total. The van der Waals surface area contributed by atoms with Gasteiger partial charge in [-0.2, -0.15) is 0 Å². The topological polar surface area (TPSA) is 39.9 Å². The Morgan fingerprint density at radius 3 is 2.67 bits per heavy atom. The van der Waals surface area contributed by atoms with Gasteiger partial charge in [-0.15, -0.1) is 0 Å². The van der Waals surface area contributed by atoms with Crippen molar-refractivity contribution in [1.82, 2.24) is 9.80 Å². The summed E-state index contributed by atoms with van der Waals surface area (Å²) in [5.74, 6) is 1.45. The fraction of sp³-hybridized carbons (Fsp3) is 0.500. The number of hydrogen-bond acceptors (Lipinski definition) is 4. The van der Waals surface area contributed by atoms with Crippen molar-refractivity contribution in [3.8, 4) is 0 Å². The molecule has 27 heavy (non-hydrogen) atoms. The summed E-state index contributed by atoms with van der Waals surface area (Å²) in [5, 5.41) is 0. The number of carbonyl (C=O) groups excluding carboxylic acids is 1. The first kappa shape index (κ1) is 18.1. The Morgan fingerprint density at radius 2 is 1.85 bits per heavy atom. The third-order valence-corrected chi connectivity index (χ3v) is 5.74. The third kappa shape index (κ3) is 4.53. The van der Waals surface area contributed by atoms with E-state index in [0.717, 1.165) is 70.8 Å². The summed E-state index contributed by atoms with van der Waals surface area (Å²) >= 11 is 0. The van der Waals surface area contributed by atoms with Crippen LogP contribution in [0.25, 0.3) is 0 Å². The van der Waals surface area contributed by atoms with E-state index in [9.17, 15) is 4.79 Å². The molecule has 2 aliphatic rings. The van der Waals surface area contributed by atoms with Gasteiger partial charge in [0.15, 0.2) is 0 Å². The smallest absolute Gasteiger partial charge is 0.227 e. The van der Waals surface area contributed by atoms with Gasteiger partial charge in [0.1, 0.15) is 5.76 Å². The van der Waals surface area contributed by atoms with Crippen molar-refractivity contribution in [2.24, 2.45) is 5.92 Å². The van der Waals surface area contributed by atoms with Gasteiger partial charge in [0.25, 0.3) is 0 Å². The number of furan rings is 1. The first-order chi connectivity index (χ1) is 13.3. The van der Waals surface area contributed by atoms with E-state index in [2.05, 4.69) is 45.0 Å². The summed E-state index contributed by atoms with van der Waals surface area (Å²) in [6.45, 7) is 6.32. The highest BCUT2D eigenvalue weighted by atomic mass is 16.3. The quantitative estimate of drug-likeness (QED) is 0.832. The molecule has 1 atom stereocenters. The Balaban J connectivity index is 1.33. The van der Waals surface area contributed by atoms with Crippen molar-refractivity contribution < 1.29 is 9.21 Å². The van der Waals surface area contributed by atoms with E-state index in [-0.39, 0.29) is 5.92 Å². The number of benzene rings is 1. The lowest BCUT2D eigenvalue weighted by Crippen LogP contribution is -2.45. The molecule has 2 aliphatic heterocycles. The van der Waals surface area contributed by atoms with Gasteiger partial charge < -0.3 is 14.2 Å². The molecule has 5 nitrogen and oxygen atoms in total. The van der Waals surface area contributed by atoms with E-state index >= 15 is 0 Å². The van der Waals surface area contributed by atoms with Crippen LogP contribution < -0.4 is 4.90 Å². The van der Waals surface area contributed by atoms with Crippen LogP contribution in [0.5, 0.6) is 0 Å². The van der Waals surface area contributed by atoms with E-state index in [0.29, 0.717) is 5.91 Å². The summed E-state index contributed by atoms with van der Waals surface area (Å²) in [6, 6.07) is 14.5. The average Bonchev–Trinajstić information content (AvgIpc) is 3.10. The second kappa shape index (κ2) is 8.61. The minimum absolute atomic E-state index is 0.122. The van der Waals surface area contributed by atoms with Crippen LogP contribution in [0.4, 0.5) is 5.69 Å². The van der Waals surface area contributed by atoms with Gasteiger partial charge in [0, 0.05) is 38.4 Å². The molecule has 1 aromatic carbocycles. The highest BCUT2D eigenvalue weighted by Gasteiger charge is 2.30. The predicted octanol–water partition coefficient (Wildman–Crippen LogP) is 3.23. The molecule has 1 unspecified atom stereocenters. The second-order valence-electron chi connectivity index (χ2n) is 7.66. The maximum atomic E-state index is 13.2. The van der Waals surface area contributed by atoms with Crippen LogP contribution in [0.3, 0.4) is 0 Å². The van der Waals surface area contributed by atoms with Gasteiger partial charge >= 0.3 is 0 Å². The molecule has 3 heterocycles. The zero-order chi connectivity index (χ0) is 18.5. The van der Waals surface area contributed by atoms with Crippen LogP contribution in [0.2, 0.25) is 0 Å². The molecule has 1 amide bonds. The maximum Gasteiger partial charge on any atom is 0.227 e. The van der Waals surface area contributed by atoms with E-state index in [4.69, 9.17) is 4.42 Å². The largest absolute Gasteiger partial charge is 0.468 e. The monoisotopic (exact) mass is 367 g/mol. The van der Waals surface area contributed by atoms with Crippen LogP contribution in [0.15, 0.2) is 53.1 Å². The van der Waals surface area contributed by atoms with Crippen LogP contribution >= 0.6 is 0 Å². The average molecular weight is 367 g/mol. The van der Waals surface area contributed by atoms with Crippen LogP contribution in [0.1, 0.15) is 25.0 Å². The van der Waals surface area contributed by atoms with Crippen molar-refractivity contribution in [3.63, 3.8) is 0 Å². The summed E-state index contributed by atoms with van der Waals surface area (Å²) < 4.78 is 5.48. The second-order valence-corrected chi connectivity index (χ2v) is 7.66. The van der Waals surface area contributed by atoms with Crippen molar-refractivity contribution >= 4 is 11.6 Å². The Bertz CT molecular complexity index is 716. The lowest BCUT2D eigenvalue weighted by Gasteiger charge is -2.34. The van der Waals surface area contributed by atoms with Gasteiger partial charge in [-0.1, -0.05) is 18.2 Å². The first-order valence-electron chi connectivity index (χ1n) is 10.1. The lowest BCUT2D eigenvalue weighted by atomic mass is 9.96. The van der Waals surface area contributed by atoms with E-state index < -0.39 is 0 Å². The van der Waals surface area contributed by atoms with Gasteiger partial charge in [-0.3, -0.25) is 9.69 Å². The number of para-hydroxylation sites is 1. The van der Waals surface area contributed by atoms with E-state index in [1.165, 1.54) is 5.69 Å². The van der Waals surface area contributed by atoms with E-state index in [1.807, 2.05) is 12.1 Å². The van der Waals surface area contributed by atoms with Crippen molar-refractivity contribution in [2.45, 2.75) is 25.8 Å². The molecule has 0 spiro atoms. The van der Waals surface area contributed by atoms with Gasteiger partial charge in [-0.05, 0) is 50.1 Å². The fourth-order valence-corrected chi connectivity index (χ4v) is 4.32. The number of amides is 1. The molecule has 0 radical (unpaired) electrons. The number of hydrogen-bond donors (Lipinski definition) is 0. The van der Waals surface area contributed by atoms with Crippen LogP contribution in [0, 0.1) is 5.92 Å². The number of carbonyl (C=O) groups is 1. The summed E-state index contributed by atoms with van der Waals surface area (Å²) in [7, 11) is 0. The Hall–Kier alpha value is -2.27. The molecule has 144 valence electrons. The minimum Gasteiger partial charge on any atom is -0.468 e. The minimum atomic E-state index is 0.122. The molecule has 5 heteroatoms. The molecule has 1 aromatic heterocycles. The zero-order valence-electron chi connectivity index (χ0n) is 15.9. The van der Waals surface area contributed by atoms with Crippen molar-refractivity contribution in [2.75, 3.05) is 44.2 Å². The number of likely N-dealkylation sites (tertiary alicyclic amines) is 1. The highest BCUT2D eigenvalue weighted by Crippen LogP contribution is 2.22. The molecule has 2 saturated heterocycles. The molecule has 2 aromatic rings. The molecule has 4 rings (SSSR count). The number of nitrogens with zero attached hydrogens (tertiary/aromatic N) is 3. The molecular formula is C22H29N3O2. The lowest BCUT2D eigenvalue weighted by molar-refractivity contribution is -0.137. The summed E-state index contributed by atoms with van der Waals surface area (Å²) in [5.41, 5.74) is 1.26. The Labute approximate surface area is 161 Å². The maximum absolute atomic E-state index is 13.2. The summed E-state index contributed by atoms with van der Waals surface area (Å²) in [4.78, 5) is 20.0. The van der Waals surface area contributed by atoms with E-state index in [1.54, 1.807) is 6.26 Å². The SMILES string of the molecule is O=C(C1CCCN(Cc2ccco2)C1)N1CCCN(c2ccccc2)CC1. The molecule has 0 bridgehead atoms. The van der Waals surface area contributed by atoms with Crippen molar-refractivity contribution in [3.05, 3.63) is 54.5 Å². The normalized spacial score (nSPS) is 21.9.